The first-order chi connectivity index (χ1) is 9.92. The van der Waals surface area contributed by atoms with Crippen molar-refractivity contribution >= 4 is 12.0 Å². The summed E-state index contributed by atoms with van der Waals surface area (Å²) in [6.45, 7) is 6.35. The van der Waals surface area contributed by atoms with Crippen molar-refractivity contribution in [3.63, 3.8) is 0 Å². The van der Waals surface area contributed by atoms with Crippen LogP contribution in [0.2, 0.25) is 0 Å². The van der Waals surface area contributed by atoms with Gasteiger partial charge in [-0.2, -0.15) is 0 Å². The second-order valence-electron chi connectivity index (χ2n) is 7.21. The molecule has 2 rings (SSSR count). The molecular weight excluding hydrogens is 268 g/mol. The SMILES string of the molecule is CC(C)CC1(CNC(=O)N2CCC(C(=O)O)CC2)CCC1. The number of hydrogen-bond acceptors (Lipinski definition) is 2. The van der Waals surface area contributed by atoms with Crippen LogP contribution in [0.4, 0.5) is 4.79 Å². The molecule has 2 amide bonds. The third kappa shape index (κ3) is 4.11. The van der Waals surface area contributed by atoms with Gasteiger partial charge in [0.05, 0.1) is 5.92 Å². The number of carboxylic acids is 1. The van der Waals surface area contributed by atoms with Gasteiger partial charge in [0.25, 0.3) is 0 Å². The van der Waals surface area contributed by atoms with Crippen molar-refractivity contribution in [2.24, 2.45) is 17.3 Å². The molecule has 1 heterocycles. The largest absolute Gasteiger partial charge is 0.481 e. The number of amides is 2. The second-order valence-corrected chi connectivity index (χ2v) is 7.21. The summed E-state index contributed by atoms with van der Waals surface area (Å²) >= 11 is 0. The predicted molar refractivity (Wildman–Crippen MR) is 81.1 cm³/mol. The van der Waals surface area contributed by atoms with Gasteiger partial charge in [-0.25, -0.2) is 4.79 Å². The highest BCUT2D eigenvalue weighted by molar-refractivity contribution is 5.75. The zero-order valence-corrected chi connectivity index (χ0v) is 13.2. The quantitative estimate of drug-likeness (QED) is 0.819. The molecule has 0 aromatic rings. The molecule has 2 fully saturated rings. The fraction of sp³-hybridized carbons (Fsp3) is 0.875. The van der Waals surface area contributed by atoms with Crippen LogP contribution in [0.5, 0.6) is 0 Å². The molecule has 0 aromatic carbocycles. The van der Waals surface area contributed by atoms with E-state index in [1.54, 1.807) is 4.90 Å². The molecule has 2 N–H and O–H groups in total. The Hall–Kier alpha value is -1.26. The van der Waals surface area contributed by atoms with E-state index >= 15 is 0 Å². The van der Waals surface area contributed by atoms with Gasteiger partial charge in [-0.1, -0.05) is 20.3 Å². The van der Waals surface area contributed by atoms with Crippen LogP contribution in [-0.4, -0.2) is 41.6 Å². The minimum atomic E-state index is -0.736. The van der Waals surface area contributed by atoms with Crippen molar-refractivity contribution in [1.82, 2.24) is 10.2 Å². The molecule has 120 valence electrons. The minimum Gasteiger partial charge on any atom is -0.481 e. The zero-order valence-electron chi connectivity index (χ0n) is 13.2. The molecule has 0 spiro atoms. The van der Waals surface area contributed by atoms with Gasteiger partial charge in [0, 0.05) is 19.6 Å². The molecule has 2 aliphatic rings. The Balaban J connectivity index is 1.76. The lowest BCUT2D eigenvalue weighted by molar-refractivity contribution is -0.143. The summed E-state index contributed by atoms with van der Waals surface area (Å²) in [6.07, 6.45) is 6.01. The maximum atomic E-state index is 12.2. The highest BCUT2D eigenvalue weighted by atomic mass is 16.4. The van der Waals surface area contributed by atoms with Crippen LogP contribution < -0.4 is 5.32 Å². The van der Waals surface area contributed by atoms with Crippen LogP contribution in [0, 0.1) is 17.3 Å². The summed E-state index contributed by atoms with van der Waals surface area (Å²) in [4.78, 5) is 24.9. The standard InChI is InChI=1S/C16H28N2O3/c1-12(2)10-16(6-3-7-16)11-17-15(21)18-8-4-13(5-9-18)14(19)20/h12-13H,3-11H2,1-2H3,(H,17,21)(H,19,20). The van der Waals surface area contributed by atoms with Gasteiger partial charge in [0.2, 0.25) is 0 Å². The highest BCUT2D eigenvalue weighted by Crippen LogP contribution is 2.45. The Morgan fingerprint density at radius 1 is 1.29 bits per heavy atom. The first kappa shape index (κ1) is 16.1. The topological polar surface area (TPSA) is 69.6 Å². The number of likely N-dealkylation sites (tertiary alicyclic amines) is 1. The lowest BCUT2D eigenvalue weighted by Crippen LogP contribution is -2.50. The lowest BCUT2D eigenvalue weighted by Gasteiger charge is -2.44. The summed E-state index contributed by atoms with van der Waals surface area (Å²) in [5, 5.41) is 12.1. The number of piperidine rings is 1. The fourth-order valence-corrected chi connectivity index (χ4v) is 3.70. The molecule has 1 saturated heterocycles. The molecule has 0 bridgehead atoms. The molecule has 0 radical (unpaired) electrons. The smallest absolute Gasteiger partial charge is 0.317 e. The van der Waals surface area contributed by atoms with E-state index in [0.717, 1.165) is 6.54 Å². The van der Waals surface area contributed by atoms with Crippen LogP contribution >= 0.6 is 0 Å². The van der Waals surface area contributed by atoms with Crippen LogP contribution in [0.1, 0.15) is 52.4 Å². The van der Waals surface area contributed by atoms with Crippen LogP contribution in [0.15, 0.2) is 0 Å². The zero-order chi connectivity index (χ0) is 15.5. The normalized spacial score (nSPS) is 22.0. The lowest BCUT2D eigenvalue weighted by atomic mass is 9.64. The molecule has 1 aliphatic carbocycles. The van der Waals surface area contributed by atoms with Crippen molar-refractivity contribution in [1.29, 1.82) is 0 Å². The van der Waals surface area contributed by atoms with Crippen molar-refractivity contribution in [3.8, 4) is 0 Å². The van der Waals surface area contributed by atoms with Crippen molar-refractivity contribution < 1.29 is 14.7 Å². The summed E-state index contributed by atoms with van der Waals surface area (Å²) in [5.74, 6) is -0.359. The number of nitrogens with zero attached hydrogens (tertiary/aromatic N) is 1. The first-order valence-corrected chi connectivity index (χ1v) is 8.17. The van der Waals surface area contributed by atoms with Crippen LogP contribution in [0.3, 0.4) is 0 Å². The molecule has 1 aliphatic heterocycles. The Labute approximate surface area is 127 Å². The van der Waals surface area contributed by atoms with Gasteiger partial charge < -0.3 is 15.3 Å². The van der Waals surface area contributed by atoms with Gasteiger partial charge in [-0.3, -0.25) is 4.79 Å². The number of urea groups is 1. The summed E-state index contributed by atoms with van der Waals surface area (Å²) in [6, 6.07) is -0.0196. The molecule has 21 heavy (non-hydrogen) atoms. The Morgan fingerprint density at radius 2 is 1.90 bits per heavy atom. The average molecular weight is 296 g/mol. The van der Waals surface area contributed by atoms with E-state index in [9.17, 15) is 9.59 Å². The van der Waals surface area contributed by atoms with E-state index in [1.807, 2.05) is 0 Å². The Morgan fingerprint density at radius 3 is 2.33 bits per heavy atom. The molecule has 0 atom stereocenters. The number of carbonyl (C=O) groups excluding carboxylic acids is 1. The van der Waals surface area contributed by atoms with E-state index in [-0.39, 0.29) is 11.9 Å². The van der Waals surface area contributed by atoms with Gasteiger partial charge >= 0.3 is 12.0 Å². The molecule has 0 unspecified atom stereocenters. The number of carbonyl (C=O) groups is 2. The summed E-state index contributed by atoms with van der Waals surface area (Å²) < 4.78 is 0. The van der Waals surface area contributed by atoms with E-state index < -0.39 is 5.97 Å². The number of hydrogen-bond donors (Lipinski definition) is 2. The maximum Gasteiger partial charge on any atom is 0.317 e. The van der Waals surface area contributed by atoms with Gasteiger partial charge in [0.1, 0.15) is 0 Å². The predicted octanol–water partition coefficient (Wildman–Crippen LogP) is 2.71. The maximum absolute atomic E-state index is 12.2. The number of carboxylic acid groups (broad SMARTS) is 1. The van der Waals surface area contributed by atoms with E-state index in [2.05, 4.69) is 19.2 Å². The van der Waals surface area contributed by atoms with Gasteiger partial charge in [-0.05, 0) is 43.4 Å². The first-order valence-electron chi connectivity index (χ1n) is 8.17. The average Bonchev–Trinajstić information content (AvgIpc) is 2.41. The monoisotopic (exact) mass is 296 g/mol. The number of nitrogens with one attached hydrogen (secondary N) is 1. The second kappa shape index (κ2) is 6.67. The highest BCUT2D eigenvalue weighted by Gasteiger charge is 2.38. The van der Waals surface area contributed by atoms with Crippen LogP contribution in [0.25, 0.3) is 0 Å². The van der Waals surface area contributed by atoms with Gasteiger partial charge in [0.15, 0.2) is 0 Å². The Bertz CT molecular complexity index is 383. The summed E-state index contributed by atoms with van der Waals surface area (Å²) in [7, 11) is 0. The molecule has 5 nitrogen and oxygen atoms in total. The fourth-order valence-electron chi connectivity index (χ4n) is 3.70. The van der Waals surface area contributed by atoms with E-state index in [4.69, 9.17) is 5.11 Å². The minimum absolute atomic E-state index is 0.0196. The van der Waals surface area contributed by atoms with Crippen molar-refractivity contribution in [2.45, 2.75) is 52.4 Å². The van der Waals surface area contributed by atoms with Crippen molar-refractivity contribution in [2.75, 3.05) is 19.6 Å². The summed E-state index contributed by atoms with van der Waals surface area (Å²) in [5.41, 5.74) is 0.309. The number of rotatable bonds is 5. The van der Waals surface area contributed by atoms with Crippen LogP contribution in [-0.2, 0) is 4.79 Å². The molecule has 5 heteroatoms. The van der Waals surface area contributed by atoms with Crippen molar-refractivity contribution in [3.05, 3.63) is 0 Å². The van der Waals surface area contributed by atoms with Gasteiger partial charge in [-0.15, -0.1) is 0 Å². The molecule has 1 saturated carbocycles. The third-order valence-corrected chi connectivity index (χ3v) is 5.00. The molecular formula is C16H28N2O3. The van der Waals surface area contributed by atoms with E-state index in [0.29, 0.717) is 37.3 Å². The Kier molecular flexibility index (Phi) is 5.12. The number of aliphatic carboxylic acids is 1. The third-order valence-electron chi connectivity index (χ3n) is 5.00. The van der Waals surface area contributed by atoms with E-state index in [1.165, 1.54) is 25.7 Å². The molecule has 0 aromatic heterocycles.